The molecule has 0 bridgehead atoms. The van der Waals surface area contributed by atoms with Crippen molar-refractivity contribution in [3.05, 3.63) is 200 Å². The Morgan fingerprint density at radius 1 is 0.493 bits per heavy atom. The fourth-order valence-corrected chi connectivity index (χ4v) is 9.12. The SMILES string of the molecule is Cc1c[c-]c2c(n1)oc(=O)c1cc(CCc3cc(CCc4cnc5c(c4)c(=O)oc4nc(C)c[c-]c45)cc(-c4ccccc4-c4ccc(-c5[c-]ccc6c5oc5nc(C)ccc56)nc4)c3)cnc12.[Ir+3]. The molecule has 0 saturated carbocycles. The van der Waals surface area contributed by atoms with E-state index in [-0.39, 0.29) is 31.5 Å². The number of furan rings is 1. The molecule has 0 amide bonds. The van der Waals surface area contributed by atoms with E-state index in [9.17, 15) is 9.59 Å². The number of nitrogens with zero attached hydrogens (tertiary/aromatic N) is 6. The molecular weight excluding hydrogens is 1040 g/mol. The van der Waals surface area contributed by atoms with Gasteiger partial charge in [-0.2, -0.15) is 0 Å². The molecular formula is C57H37IrN6O5. The van der Waals surface area contributed by atoms with Crippen molar-refractivity contribution in [3.8, 4) is 33.5 Å². The molecule has 0 aliphatic rings. The van der Waals surface area contributed by atoms with Crippen LogP contribution < -0.4 is 11.3 Å². The second kappa shape index (κ2) is 17.6. The van der Waals surface area contributed by atoms with Gasteiger partial charge in [-0.3, -0.25) is 0 Å². The third kappa shape index (κ3) is 8.07. The summed E-state index contributed by atoms with van der Waals surface area (Å²) in [6.45, 7) is 5.60. The van der Waals surface area contributed by atoms with Gasteiger partial charge in [0.15, 0.2) is 0 Å². The van der Waals surface area contributed by atoms with E-state index in [0.29, 0.717) is 80.9 Å². The van der Waals surface area contributed by atoms with Crippen LogP contribution in [-0.4, -0.2) is 29.9 Å². The van der Waals surface area contributed by atoms with Crippen LogP contribution in [0.1, 0.15) is 39.3 Å². The van der Waals surface area contributed by atoms with E-state index in [1.807, 2.05) is 87.9 Å². The van der Waals surface area contributed by atoms with Crippen molar-refractivity contribution in [2.75, 3.05) is 0 Å². The summed E-state index contributed by atoms with van der Waals surface area (Å²) >= 11 is 0. The standard InChI is InChI=1S/C57H37N6O5.Ir/c1-31-11-19-43-42-9-6-10-44(52(42)66-53(43)61-31)49-22-18-38(30-58-49)40-7-4-5-8-41(40)39-24-34(14-16-36-26-47-50(59-28-36)45-20-12-32(2)62-54(45)67-56(47)64)23-35(25-39)15-17-37-27-48-51(60-29-37)46-21-13-33(3)63-55(46)68-57(48)65;/h4-9,11-13,18-19,22-30H,14-17H2,1-3H3;/q-3;+3. The minimum atomic E-state index is -0.479. The summed E-state index contributed by atoms with van der Waals surface area (Å²) in [5, 5.41) is 3.88. The van der Waals surface area contributed by atoms with Gasteiger partial charge >= 0.3 is 31.4 Å². The molecule has 69 heavy (non-hydrogen) atoms. The van der Waals surface area contributed by atoms with Crippen molar-refractivity contribution in [2.24, 2.45) is 0 Å². The van der Waals surface area contributed by atoms with Crippen molar-refractivity contribution < 1.29 is 33.4 Å². The Balaban J connectivity index is 0.00000520. The largest absolute Gasteiger partial charge is 3.00 e. The molecule has 9 aromatic heterocycles. The van der Waals surface area contributed by atoms with Crippen LogP contribution in [0.25, 0.3) is 99.6 Å². The number of hydrogen-bond acceptors (Lipinski definition) is 11. The van der Waals surface area contributed by atoms with Crippen LogP contribution in [0.5, 0.6) is 0 Å². The first-order valence-corrected chi connectivity index (χ1v) is 22.3. The van der Waals surface area contributed by atoms with Crippen LogP contribution in [0.2, 0.25) is 0 Å². The van der Waals surface area contributed by atoms with Gasteiger partial charge in [-0.1, -0.05) is 102 Å². The monoisotopic (exact) mass is 1080 g/mol. The molecule has 0 atom stereocenters. The van der Waals surface area contributed by atoms with E-state index in [4.69, 9.17) is 28.2 Å². The van der Waals surface area contributed by atoms with E-state index >= 15 is 0 Å². The van der Waals surface area contributed by atoms with Gasteiger partial charge in [0, 0.05) is 51.5 Å². The molecule has 12 rings (SSSR count). The maximum atomic E-state index is 13.2. The Morgan fingerprint density at radius 3 is 1.67 bits per heavy atom. The smallest absolute Gasteiger partial charge is 0.486 e. The topological polar surface area (TPSA) is 151 Å². The summed E-state index contributed by atoms with van der Waals surface area (Å²) in [7, 11) is 0. The summed E-state index contributed by atoms with van der Waals surface area (Å²) in [6.07, 6.45) is 8.13. The number of benzene rings is 3. The quantitative estimate of drug-likeness (QED) is 0.100. The molecule has 0 saturated heterocycles. The molecule has 0 N–H and O–H groups in total. The third-order valence-corrected chi connectivity index (χ3v) is 12.5. The first-order valence-electron chi connectivity index (χ1n) is 22.3. The zero-order valence-corrected chi connectivity index (χ0v) is 39.8. The second-order valence-corrected chi connectivity index (χ2v) is 17.2. The molecule has 11 nitrogen and oxygen atoms in total. The molecule has 9 heterocycles. The fraction of sp³-hybridized carbons (Fsp3) is 0.123. The van der Waals surface area contributed by atoms with Gasteiger partial charge in [0.05, 0.1) is 5.58 Å². The first kappa shape index (κ1) is 43.5. The van der Waals surface area contributed by atoms with Crippen LogP contribution in [0.3, 0.4) is 0 Å². The van der Waals surface area contributed by atoms with E-state index in [2.05, 4.69) is 75.6 Å². The summed E-state index contributed by atoms with van der Waals surface area (Å²) in [5.41, 5.74) is 13.8. The fourth-order valence-electron chi connectivity index (χ4n) is 9.12. The predicted octanol–water partition coefficient (Wildman–Crippen LogP) is 11.4. The van der Waals surface area contributed by atoms with Crippen molar-refractivity contribution in [2.45, 2.75) is 46.5 Å². The third-order valence-electron chi connectivity index (χ3n) is 12.5. The molecule has 3 aromatic carbocycles. The molecule has 0 spiro atoms. The molecule has 0 aliphatic heterocycles. The Labute approximate surface area is 407 Å². The Bertz CT molecular complexity index is 3980. The van der Waals surface area contributed by atoms with Gasteiger partial charge in [-0.15, -0.1) is 42.5 Å². The van der Waals surface area contributed by atoms with Crippen LogP contribution in [0.15, 0.2) is 145 Å². The minimum absolute atomic E-state index is 0. The van der Waals surface area contributed by atoms with Gasteiger partial charge in [0.1, 0.15) is 11.4 Å². The van der Waals surface area contributed by atoms with Crippen LogP contribution in [-0.2, 0) is 45.8 Å². The first-order chi connectivity index (χ1) is 33.2. The summed E-state index contributed by atoms with van der Waals surface area (Å²) in [4.78, 5) is 54.1. The van der Waals surface area contributed by atoms with Gasteiger partial charge in [-0.05, 0) is 106 Å². The number of aryl methyl sites for hydroxylation is 7. The molecule has 12 heteroatoms. The number of hydrogen-bond donors (Lipinski definition) is 0. The predicted molar refractivity (Wildman–Crippen MR) is 262 cm³/mol. The number of aromatic nitrogens is 6. The molecule has 334 valence electrons. The molecule has 12 aromatic rings. The molecule has 0 radical (unpaired) electrons. The number of pyridine rings is 6. The normalized spacial score (nSPS) is 11.6. The molecule has 0 aliphatic carbocycles. The maximum absolute atomic E-state index is 13.2. The van der Waals surface area contributed by atoms with Gasteiger partial charge < -0.3 is 38.2 Å². The van der Waals surface area contributed by atoms with Crippen LogP contribution >= 0.6 is 0 Å². The Hall–Kier alpha value is -8.05. The average molecular weight is 1080 g/mol. The minimum Gasteiger partial charge on any atom is -0.486 e. The van der Waals surface area contributed by atoms with Crippen molar-refractivity contribution >= 4 is 66.1 Å². The maximum Gasteiger partial charge on any atom is 3.00 e. The summed E-state index contributed by atoms with van der Waals surface area (Å²) in [5.74, 6) is 0. The van der Waals surface area contributed by atoms with E-state index in [1.54, 1.807) is 12.1 Å². The Kier molecular flexibility index (Phi) is 11.1. The number of rotatable bonds is 9. The number of fused-ring (bicyclic) bond motifs is 9. The van der Waals surface area contributed by atoms with Gasteiger partial charge in [-0.25, -0.2) is 14.6 Å². The molecule has 0 fully saturated rings. The van der Waals surface area contributed by atoms with Crippen LogP contribution in [0.4, 0.5) is 0 Å². The summed E-state index contributed by atoms with van der Waals surface area (Å²) in [6, 6.07) is 44.1. The zero-order valence-electron chi connectivity index (χ0n) is 37.4. The zero-order chi connectivity index (χ0) is 46.0. The molecule has 0 unspecified atom stereocenters. The van der Waals surface area contributed by atoms with E-state index in [0.717, 1.165) is 72.2 Å². The van der Waals surface area contributed by atoms with Crippen molar-refractivity contribution in [3.63, 3.8) is 0 Å². The second-order valence-electron chi connectivity index (χ2n) is 17.2. The van der Waals surface area contributed by atoms with Crippen molar-refractivity contribution in [1.82, 2.24) is 29.9 Å². The van der Waals surface area contributed by atoms with Crippen molar-refractivity contribution in [1.29, 1.82) is 0 Å². The summed E-state index contributed by atoms with van der Waals surface area (Å²) < 4.78 is 17.5. The van der Waals surface area contributed by atoms with E-state index in [1.165, 1.54) is 0 Å². The van der Waals surface area contributed by atoms with Gasteiger partial charge in [0.2, 0.25) is 5.71 Å². The van der Waals surface area contributed by atoms with Gasteiger partial charge in [0.25, 0.3) is 0 Å². The average Bonchev–Trinajstić information content (AvgIpc) is 3.73. The Morgan fingerprint density at radius 2 is 1.07 bits per heavy atom. The van der Waals surface area contributed by atoms with Crippen LogP contribution in [0, 0.1) is 39.0 Å². The van der Waals surface area contributed by atoms with E-state index < -0.39 is 11.3 Å².